The topological polar surface area (TPSA) is 69.9 Å². The van der Waals surface area contributed by atoms with Gasteiger partial charge in [-0.3, -0.25) is 4.79 Å². The minimum atomic E-state index is 0.113. The second kappa shape index (κ2) is 8.97. The third kappa shape index (κ3) is 4.76. The van der Waals surface area contributed by atoms with Gasteiger partial charge in [-0.1, -0.05) is 55.3 Å². The second-order valence-electron chi connectivity index (χ2n) is 7.45. The molecule has 0 spiro atoms. The van der Waals surface area contributed by atoms with Gasteiger partial charge in [-0.15, -0.1) is 5.10 Å². The lowest BCUT2D eigenvalue weighted by molar-refractivity contribution is 0.0912. The van der Waals surface area contributed by atoms with Crippen LogP contribution in [0, 0.1) is 0 Å². The van der Waals surface area contributed by atoms with Crippen molar-refractivity contribution in [3.05, 3.63) is 35.4 Å². The Morgan fingerprint density at radius 2 is 1.93 bits per heavy atom. The third-order valence-corrected chi connectivity index (χ3v) is 6.50. The van der Waals surface area contributed by atoms with E-state index < -0.39 is 0 Å². The number of aromatic nitrogens is 4. The number of carbonyl (C=O) groups is 1. The second-order valence-corrected chi connectivity index (χ2v) is 8.39. The lowest BCUT2D eigenvalue weighted by Crippen LogP contribution is -2.17. The molecule has 2 aliphatic rings. The zero-order valence-electron chi connectivity index (χ0n) is 15.5. The van der Waals surface area contributed by atoms with E-state index in [0.29, 0.717) is 23.4 Å². The van der Waals surface area contributed by atoms with Gasteiger partial charge in [-0.05, 0) is 47.6 Å². The van der Waals surface area contributed by atoms with Crippen molar-refractivity contribution in [2.24, 2.45) is 0 Å². The first-order valence-corrected chi connectivity index (χ1v) is 10.9. The maximum Gasteiger partial charge on any atom is 0.209 e. The average Bonchev–Trinajstić information content (AvgIpc) is 3.39. The summed E-state index contributed by atoms with van der Waals surface area (Å²) in [5, 5.41) is 12.5. The van der Waals surface area contributed by atoms with Crippen LogP contribution in [-0.2, 0) is 11.3 Å². The van der Waals surface area contributed by atoms with Crippen LogP contribution in [0.3, 0.4) is 0 Å². The molecule has 1 atom stereocenters. The summed E-state index contributed by atoms with van der Waals surface area (Å²) in [6.07, 6.45) is 8.85. The Hall–Kier alpha value is -1.73. The number of hydrogen-bond acceptors (Lipinski definition) is 6. The van der Waals surface area contributed by atoms with Crippen LogP contribution in [0.25, 0.3) is 0 Å². The van der Waals surface area contributed by atoms with E-state index in [1.165, 1.54) is 49.4 Å². The molecule has 1 saturated heterocycles. The fourth-order valence-corrected chi connectivity index (χ4v) is 4.77. The van der Waals surface area contributed by atoms with E-state index in [4.69, 9.17) is 4.74 Å². The highest BCUT2D eigenvalue weighted by Crippen LogP contribution is 2.32. The first-order valence-electron chi connectivity index (χ1n) is 9.93. The number of Topliss-reactive ketones (excluding diaryl/α,β-unsaturated/α-hetero) is 1. The minimum absolute atomic E-state index is 0.113. The van der Waals surface area contributed by atoms with Crippen LogP contribution in [0.4, 0.5) is 0 Å². The Kier molecular flexibility index (Phi) is 6.19. The van der Waals surface area contributed by atoms with Crippen LogP contribution in [0.15, 0.2) is 29.4 Å². The van der Waals surface area contributed by atoms with Crippen molar-refractivity contribution in [3.8, 4) is 0 Å². The highest BCUT2D eigenvalue weighted by Gasteiger charge is 2.20. The maximum absolute atomic E-state index is 12.6. The molecule has 144 valence electrons. The normalized spacial score (nSPS) is 20.8. The van der Waals surface area contributed by atoms with Gasteiger partial charge >= 0.3 is 0 Å². The van der Waals surface area contributed by atoms with Crippen molar-refractivity contribution in [3.63, 3.8) is 0 Å². The standard InChI is InChI=1S/C20H26N4O2S/c25-19(17-10-8-16(9-11-17)15-5-2-1-3-6-15)14-27-20-21-22-23-24(20)13-18-7-4-12-26-18/h8-11,15,18H,1-7,12-14H2/t18-/m0/s1. The summed E-state index contributed by atoms with van der Waals surface area (Å²) in [5.74, 6) is 1.12. The Morgan fingerprint density at radius 1 is 1.11 bits per heavy atom. The van der Waals surface area contributed by atoms with Crippen LogP contribution in [0.1, 0.15) is 66.8 Å². The van der Waals surface area contributed by atoms with Crippen LogP contribution in [-0.4, -0.2) is 44.5 Å². The quantitative estimate of drug-likeness (QED) is 0.531. The number of benzene rings is 1. The molecule has 27 heavy (non-hydrogen) atoms. The molecule has 2 heterocycles. The molecule has 0 bridgehead atoms. The number of hydrogen-bond donors (Lipinski definition) is 0. The third-order valence-electron chi connectivity index (χ3n) is 5.54. The van der Waals surface area contributed by atoms with Crippen molar-refractivity contribution in [2.45, 2.75) is 68.7 Å². The highest BCUT2D eigenvalue weighted by atomic mass is 32.2. The number of ether oxygens (including phenoxy) is 1. The number of ketones is 1. The monoisotopic (exact) mass is 386 g/mol. The Morgan fingerprint density at radius 3 is 2.67 bits per heavy atom. The lowest BCUT2D eigenvalue weighted by Gasteiger charge is -2.22. The molecule has 1 aliphatic heterocycles. The van der Waals surface area contributed by atoms with Gasteiger partial charge in [-0.25, -0.2) is 4.68 Å². The van der Waals surface area contributed by atoms with Crippen LogP contribution < -0.4 is 0 Å². The molecule has 1 aromatic carbocycles. The zero-order chi connectivity index (χ0) is 18.5. The molecule has 0 unspecified atom stereocenters. The number of thioether (sulfide) groups is 1. The van der Waals surface area contributed by atoms with E-state index in [2.05, 4.69) is 27.7 Å². The zero-order valence-corrected chi connectivity index (χ0v) is 16.4. The van der Waals surface area contributed by atoms with Crippen LogP contribution in [0.5, 0.6) is 0 Å². The maximum atomic E-state index is 12.6. The molecule has 2 fully saturated rings. The van der Waals surface area contributed by atoms with Crippen molar-refractivity contribution >= 4 is 17.5 Å². The van der Waals surface area contributed by atoms with E-state index in [1.807, 2.05) is 12.1 Å². The summed E-state index contributed by atoms with van der Waals surface area (Å²) in [5.41, 5.74) is 2.14. The molecule has 2 aromatic rings. The van der Waals surface area contributed by atoms with Crippen molar-refractivity contribution in [1.29, 1.82) is 0 Å². The molecule has 1 aliphatic carbocycles. The molecular formula is C20H26N4O2S. The summed E-state index contributed by atoms with van der Waals surface area (Å²) in [7, 11) is 0. The fraction of sp³-hybridized carbons (Fsp3) is 0.600. The molecule has 1 saturated carbocycles. The van der Waals surface area contributed by atoms with E-state index in [0.717, 1.165) is 25.0 Å². The lowest BCUT2D eigenvalue weighted by atomic mass is 9.84. The van der Waals surface area contributed by atoms with Gasteiger partial charge in [0.2, 0.25) is 5.16 Å². The summed E-state index contributed by atoms with van der Waals surface area (Å²) in [6.45, 7) is 1.46. The average molecular weight is 387 g/mol. The Labute approximate surface area is 164 Å². The SMILES string of the molecule is O=C(CSc1nnnn1C[C@@H]1CCCO1)c1ccc(C2CCCCC2)cc1. The van der Waals surface area contributed by atoms with Gasteiger partial charge in [0.25, 0.3) is 0 Å². The molecule has 6 nitrogen and oxygen atoms in total. The van der Waals surface area contributed by atoms with Crippen LogP contribution in [0.2, 0.25) is 0 Å². The summed E-state index contributed by atoms with van der Waals surface area (Å²) in [4.78, 5) is 12.6. The van der Waals surface area contributed by atoms with Gasteiger partial charge in [-0.2, -0.15) is 0 Å². The number of carbonyl (C=O) groups excluding carboxylic acids is 1. The molecule has 0 radical (unpaired) electrons. The highest BCUT2D eigenvalue weighted by molar-refractivity contribution is 7.99. The Bertz CT molecular complexity index is 750. The van der Waals surface area contributed by atoms with Gasteiger partial charge in [0.05, 0.1) is 18.4 Å². The minimum Gasteiger partial charge on any atom is -0.376 e. The van der Waals surface area contributed by atoms with E-state index in [-0.39, 0.29) is 11.9 Å². The predicted octanol–water partition coefficient (Wildman–Crippen LogP) is 3.87. The van der Waals surface area contributed by atoms with E-state index >= 15 is 0 Å². The number of tetrazole rings is 1. The van der Waals surface area contributed by atoms with E-state index in [9.17, 15) is 4.79 Å². The van der Waals surface area contributed by atoms with Crippen molar-refractivity contribution in [1.82, 2.24) is 20.2 Å². The van der Waals surface area contributed by atoms with Gasteiger partial charge < -0.3 is 4.74 Å². The van der Waals surface area contributed by atoms with Crippen LogP contribution >= 0.6 is 11.8 Å². The first-order chi connectivity index (χ1) is 13.3. The van der Waals surface area contributed by atoms with Crippen molar-refractivity contribution in [2.75, 3.05) is 12.4 Å². The Balaban J connectivity index is 1.32. The molecule has 0 amide bonds. The molecular weight excluding hydrogens is 360 g/mol. The molecule has 0 N–H and O–H groups in total. The van der Waals surface area contributed by atoms with Gasteiger partial charge in [0.15, 0.2) is 5.78 Å². The molecule has 7 heteroatoms. The fourth-order valence-electron chi connectivity index (χ4n) is 3.99. The smallest absolute Gasteiger partial charge is 0.209 e. The summed E-state index contributed by atoms with van der Waals surface area (Å²) >= 11 is 1.39. The van der Waals surface area contributed by atoms with Crippen molar-refractivity contribution < 1.29 is 9.53 Å². The first kappa shape index (κ1) is 18.6. The molecule has 1 aromatic heterocycles. The van der Waals surface area contributed by atoms with Gasteiger partial charge in [0, 0.05) is 12.2 Å². The largest absolute Gasteiger partial charge is 0.376 e. The van der Waals surface area contributed by atoms with Gasteiger partial charge in [0.1, 0.15) is 0 Å². The number of rotatable bonds is 7. The molecule has 4 rings (SSSR count). The van der Waals surface area contributed by atoms with E-state index in [1.54, 1.807) is 4.68 Å². The predicted molar refractivity (Wildman–Crippen MR) is 104 cm³/mol. The number of nitrogens with zero attached hydrogens (tertiary/aromatic N) is 4. The summed E-state index contributed by atoms with van der Waals surface area (Å²) < 4.78 is 7.39. The summed E-state index contributed by atoms with van der Waals surface area (Å²) in [6, 6.07) is 8.22.